The number of para-hydroxylation sites is 1. The summed E-state index contributed by atoms with van der Waals surface area (Å²) in [6.07, 6.45) is 2.16. The van der Waals surface area contributed by atoms with E-state index < -0.39 is 12.0 Å². The Balaban J connectivity index is 1.89. The van der Waals surface area contributed by atoms with Gasteiger partial charge in [0.05, 0.1) is 5.52 Å². The molecule has 0 aliphatic carbocycles. The number of nitrogens with two attached hydrogens (primary N) is 1. The lowest BCUT2D eigenvalue weighted by Gasteiger charge is -2.09. The Morgan fingerprint density at radius 3 is 2.48 bits per heavy atom. The van der Waals surface area contributed by atoms with E-state index in [-0.39, 0.29) is 0 Å². The number of aliphatic carboxylic acids is 1. The van der Waals surface area contributed by atoms with E-state index in [0.717, 1.165) is 27.6 Å². The third kappa shape index (κ3) is 2.66. The first-order valence-electron chi connectivity index (χ1n) is 8.20. The molecule has 1 heterocycles. The van der Waals surface area contributed by atoms with E-state index >= 15 is 0 Å². The van der Waals surface area contributed by atoms with E-state index in [1.54, 1.807) is 0 Å². The highest BCUT2D eigenvalue weighted by Crippen LogP contribution is 2.34. The first-order valence-corrected chi connectivity index (χ1v) is 8.20. The highest BCUT2D eigenvalue weighted by molar-refractivity contribution is 6.04. The van der Waals surface area contributed by atoms with Gasteiger partial charge in [-0.3, -0.25) is 4.79 Å². The molecule has 0 radical (unpaired) electrons. The predicted molar refractivity (Wildman–Crippen MR) is 101 cm³/mol. The summed E-state index contributed by atoms with van der Waals surface area (Å²) >= 11 is 0. The van der Waals surface area contributed by atoms with Crippen LogP contribution >= 0.6 is 0 Å². The molecule has 0 spiro atoms. The summed E-state index contributed by atoms with van der Waals surface area (Å²) < 4.78 is 0. The molecule has 3 aromatic carbocycles. The van der Waals surface area contributed by atoms with E-state index in [4.69, 9.17) is 10.8 Å². The van der Waals surface area contributed by atoms with Gasteiger partial charge in [0.2, 0.25) is 0 Å². The number of hydrogen-bond donors (Lipinski definition) is 3. The van der Waals surface area contributed by atoms with Crippen molar-refractivity contribution in [3.05, 3.63) is 72.4 Å². The Labute approximate surface area is 144 Å². The van der Waals surface area contributed by atoms with Crippen LogP contribution in [0.5, 0.6) is 0 Å². The van der Waals surface area contributed by atoms with Gasteiger partial charge >= 0.3 is 5.97 Å². The fourth-order valence-electron chi connectivity index (χ4n) is 3.39. The Hall–Kier alpha value is -3.11. The molecule has 124 valence electrons. The number of H-pyrrole nitrogens is 1. The third-order valence-corrected chi connectivity index (χ3v) is 4.64. The number of carbonyl (C=O) groups is 1. The molecule has 4 heteroatoms. The number of carboxylic acid groups (broad SMARTS) is 1. The van der Waals surface area contributed by atoms with Crippen LogP contribution in [-0.2, 0) is 11.2 Å². The van der Waals surface area contributed by atoms with Gasteiger partial charge in [-0.1, -0.05) is 60.7 Å². The van der Waals surface area contributed by atoms with E-state index in [0.29, 0.717) is 6.42 Å². The molecule has 1 aromatic heterocycles. The van der Waals surface area contributed by atoms with Gasteiger partial charge < -0.3 is 15.8 Å². The average molecular weight is 330 g/mol. The Morgan fingerprint density at radius 1 is 0.960 bits per heavy atom. The first-order chi connectivity index (χ1) is 12.1. The quantitative estimate of drug-likeness (QED) is 0.530. The van der Waals surface area contributed by atoms with Crippen LogP contribution in [0.15, 0.2) is 66.9 Å². The van der Waals surface area contributed by atoms with Gasteiger partial charge in [0.15, 0.2) is 0 Å². The SMILES string of the molecule is N[C@@H](Cc1c[nH]c2c(-c3cccc4ccccc34)cccc12)C(=O)O. The topological polar surface area (TPSA) is 79.1 Å². The van der Waals surface area contributed by atoms with Crippen LogP contribution in [0.1, 0.15) is 5.56 Å². The third-order valence-electron chi connectivity index (χ3n) is 4.64. The number of aromatic nitrogens is 1. The van der Waals surface area contributed by atoms with Crippen LogP contribution in [0.3, 0.4) is 0 Å². The van der Waals surface area contributed by atoms with Crippen LogP contribution in [-0.4, -0.2) is 22.1 Å². The zero-order valence-corrected chi connectivity index (χ0v) is 13.6. The van der Waals surface area contributed by atoms with Crippen molar-refractivity contribution in [2.45, 2.75) is 12.5 Å². The lowest BCUT2D eigenvalue weighted by molar-refractivity contribution is -0.138. The molecule has 0 saturated carbocycles. The molecule has 25 heavy (non-hydrogen) atoms. The molecule has 4 rings (SSSR count). The standard InChI is InChI=1S/C21H18N2O2/c22-19(21(24)25)11-14-12-23-20-16(14)8-4-10-18(20)17-9-3-6-13-5-1-2-7-15(13)17/h1-10,12,19,23H,11,22H2,(H,24,25)/t19-/m0/s1. The lowest BCUT2D eigenvalue weighted by atomic mass is 9.95. The number of aromatic amines is 1. The Morgan fingerprint density at radius 2 is 1.64 bits per heavy atom. The number of carboxylic acids is 1. The van der Waals surface area contributed by atoms with Crippen LogP contribution < -0.4 is 5.73 Å². The van der Waals surface area contributed by atoms with E-state index in [1.807, 2.05) is 30.5 Å². The van der Waals surface area contributed by atoms with Crippen molar-refractivity contribution in [1.82, 2.24) is 4.98 Å². The van der Waals surface area contributed by atoms with Gasteiger partial charge in [-0.25, -0.2) is 0 Å². The maximum absolute atomic E-state index is 11.1. The molecule has 0 unspecified atom stereocenters. The molecule has 0 amide bonds. The molecule has 0 aliphatic rings. The minimum atomic E-state index is -0.987. The fraction of sp³-hybridized carbons (Fsp3) is 0.0952. The Bertz CT molecular complexity index is 1080. The van der Waals surface area contributed by atoms with Crippen LogP contribution in [0.25, 0.3) is 32.8 Å². The summed E-state index contributed by atoms with van der Waals surface area (Å²) in [6, 6.07) is 19.8. The van der Waals surface area contributed by atoms with E-state index in [2.05, 4.69) is 41.4 Å². The van der Waals surface area contributed by atoms with Crippen molar-refractivity contribution in [3.63, 3.8) is 0 Å². The van der Waals surface area contributed by atoms with Gasteiger partial charge in [-0.15, -0.1) is 0 Å². The van der Waals surface area contributed by atoms with Crippen molar-refractivity contribution in [3.8, 4) is 11.1 Å². The second-order valence-electron chi connectivity index (χ2n) is 6.22. The summed E-state index contributed by atoms with van der Waals surface area (Å²) in [6.45, 7) is 0. The number of benzene rings is 3. The zero-order valence-electron chi connectivity index (χ0n) is 13.6. The molecule has 4 aromatic rings. The predicted octanol–water partition coefficient (Wildman–Crippen LogP) is 3.94. The van der Waals surface area contributed by atoms with Gasteiger partial charge in [0, 0.05) is 23.6 Å². The van der Waals surface area contributed by atoms with Gasteiger partial charge in [0.25, 0.3) is 0 Å². The number of hydrogen-bond acceptors (Lipinski definition) is 2. The number of fused-ring (bicyclic) bond motifs is 2. The summed E-state index contributed by atoms with van der Waals surface area (Å²) in [5.74, 6) is -0.987. The maximum Gasteiger partial charge on any atom is 0.320 e. The number of rotatable bonds is 4. The summed E-state index contributed by atoms with van der Waals surface area (Å²) in [4.78, 5) is 14.4. The average Bonchev–Trinajstić information content (AvgIpc) is 3.04. The normalized spacial score (nSPS) is 12.5. The zero-order chi connectivity index (χ0) is 17.4. The molecule has 4 nitrogen and oxygen atoms in total. The van der Waals surface area contributed by atoms with E-state index in [1.165, 1.54) is 10.8 Å². The second-order valence-corrected chi connectivity index (χ2v) is 6.22. The van der Waals surface area contributed by atoms with Crippen molar-refractivity contribution in [2.75, 3.05) is 0 Å². The minimum Gasteiger partial charge on any atom is -0.480 e. The van der Waals surface area contributed by atoms with Crippen molar-refractivity contribution < 1.29 is 9.90 Å². The largest absolute Gasteiger partial charge is 0.480 e. The van der Waals surface area contributed by atoms with Crippen LogP contribution in [0.2, 0.25) is 0 Å². The molecule has 0 saturated heterocycles. The fourth-order valence-corrected chi connectivity index (χ4v) is 3.39. The summed E-state index contributed by atoms with van der Waals surface area (Å²) in [5.41, 5.74) is 9.89. The molecule has 4 N–H and O–H groups in total. The summed E-state index contributed by atoms with van der Waals surface area (Å²) in [5, 5.41) is 12.5. The summed E-state index contributed by atoms with van der Waals surface area (Å²) in [7, 11) is 0. The highest BCUT2D eigenvalue weighted by Gasteiger charge is 2.16. The molecular weight excluding hydrogens is 312 g/mol. The molecular formula is C21H18N2O2. The maximum atomic E-state index is 11.1. The smallest absolute Gasteiger partial charge is 0.320 e. The lowest BCUT2D eigenvalue weighted by Crippen LogP contribution is -2.32. The van der Waals surface area contributed by atoms with Crippen molar-refractivity contribution >= 4 is 27.6 Å². The molecule has 0 fully saturated rings. The second kappa shape index (κ2) is 6.07. The minimum absolute atomic E-state index is 0.300. The molecule has 0 bridgehead atoms. The molecule has 0 aliphatic heterocycles. The first kappa shape index (κ1) is 15.4. The molecule has 1 atom stereocenters. The van der Waals surface area contributed by atoms with Crippen molar-refractivity contribution in [1.29, 1.82) is 0 Å². The van der Waals surface area contributed by atoms with Gasteiger partial charge in [0.1, 0.15) is 6.04 Å². The van der Waals surface area contributed by atoms with E-state index in [9.17, 15) is 4.79 Å². The highest BCUT2D eigenvalue weighted by atomic mass is 16.4. The van der Waals surface area contributed by atoms with Crippen molar-refractivity contribution in [2.24, 2.45) is 5.73 Å². The van der Waals surface area contributed by atoms with Crippen LogP contribution in [0.4, 0.5) is 0 Å². The van der Waals surface area contributed by atoms with Gasteiger partial charge in [-0.05, 0) is 21.9 Å². The Kier molecular flexibility index (Phi) is 3.75. The van der Waals surface area contributed by atoms with Gasteiger partial charge in [-0.2, -0.15) is 0 Å². The van der Waals surface area contributed by atoms with Crippen LogP contribution in [0, 0.1) is 0 Å². The monoisotopic (exact) mass is 330 g/mol. The number of nitrogens with one attached hydrogen (secondary N) is 1.